The van der Waals surface area contributed by atoms with Gasteiger partial charge in [0.15, 0.2) is 0 Å². The SMILES string of the molecule is CC1Cc2ccccc2N1CCC(=O)Nc1ccc(C#N)c(Cl)c1. The number of amides is 1. The van der Waals surface area contributed by atoms with Crippen molar-refractivity contribution in [2.45, 2.75) is 25.8 Å². The zero-order chi connectivity index (χ0) is 17.1. The van der Waals surface area contributed by atoms with Crippen molar-refractivity contribution in [2.75, 3.05) is 16.8 Å². The summed E-state index contributed by atoms with van der Waals surface area (Å²) in [5.41, 5.74) is 3.57. The molecule has 1 aliphatic heterocycles. The maximum Gasteiger partial charge on any atom is 0.226 e. The number of carbonyl (C=O) groups is 1. The Morgan fingerprint density at radius 2 is 2.17 bits per heavy atom. The van der Waals surface area contributed by atoms with Gasteiger partial charge in [0.05, 0.1) is 10.6 Å². The minimum atomic E-state index is -0.0626. The van der Waals surface area contributed by atoms with Gasteiger partial charge in [-0.15, -0.1) is 0 Å². The average molecular weight is 340 g/mol. The number of fused-ring (bicyclic) bond motifs is 1. The van der Waals surface area contributed by atoms with Gasteiger partial charge in [-0.25, -0.2) is 0 Å². The first-order valence-corrected chi connectivity index (χ1v) is 8.30. The lowest BCUT2D eigenvalue weighted by Gasteiger charge is -2.24. The van der Waals surface area contributed by atoms with Crippen molar-refractivity contribution in [3.05, 3.63) is 58.6 Å². The van der Waals surface area contributed by atoms with Crippen molar-refractivity contribution in [3.63, 3.8) is 0 Å². The van der Waals surface area contributed by atoms with Crippen LogP contribution in [0.4, 0.5) is 11.4 Å². The fraction of sp³-hybridized carbons (Fsp3) is 0.263. The minimum Gasteiger partial charge on any atom is -0.368 e. The van der Waals surface area contributed by atoms with E-state index in [2.05, 4.69) is 35.3 Å². The third kappa shape index (κ3) is 3.37. The van der Waals surface area contributed by atoms with Crippen LogP contribution in [0.2, 0.25) is 5.02 Å². The molecule has 1 aliphatic rings. The van der Waals surface area contributed by atoms with Crippen LogP contribution in [0.5, 0.6) is 0 Å². The van der Waals surface area contributed by atoms with Gasteiger partial charge in [0.25, 0.3) is 0 Å². The van der Waals surface area contributed by atoms with E-state index in [1.807, 2.05) is 12.1 Å². The molecule has 1 atom stereocenters. The number of nitrogens with zero attached hydrogens (tertiary/aromatic N) is 2. The molecule has 0 saturated heterocycles. The van der Waals surface area contributed by atoms with E-state index in [0.717, 1.165) is 6.42 Å². The monoisotopic (exact) mass is 339 g/mol. The van der Waals surface area contributed by atoms with Crippen LogP contribution < -0.4 is 10.2 Å². The van der Waals surface area contributed by atoms with Crippen molar-refractivity contribution in [1.82, 2.24) is 0 Å². The summed E-state index contributed by atoms with van der Waals surface area (Å²) < 4.78 is 0. The highest BCUT2D eigenvalue weighted by atomic mass is 35.5. The summed E-state index contributed by atoms with van der Waals surface area (Å²) in [5, 5.41) is 12.1. The molecule has 24 heavy (non-hydrogen) atoms. The number of para-hydroxylation sites is 1. The van der Waals surface area contributed by atoms with Gasteiger partial charge >= 0.3 is 0 Å². The molecule has 1 heterocycles. The smallest absolute Gasteiger partial charge is 0.226 e. The van der Waals surface area contributed by atoms with Crippen LogP contribution in [0, 0.1) is 11.3 Å². The van der Waals surface area contributed by atoms with E-state index >= 15 is 0 Å². The summed E-state index contributed by atoms with van der Waals surface area (Å²) in [7, 11) is 0. The van der Waals surface area contributed by atoms with E-state index in [-0.39, 0.29) is 5.91 Å². The Kier molecular flexibility index (Phi) is 4.73. The number of benzene rings is 2. The average Bonchev–Trinajstić information content (AvgIpc) is 2.88. The van der Waals surface area contributed by atoms with Crippen LogP contribution in [-0.2, 0) is 11.2 Å². The van der Waals surface area contributed by atoms with Crippen LogP contribution in [0.3, 0.4) is 0 Å². The lowest BCUT2D eigenvalue weighted by atomic mass is 10.1. The normalized spacial score (nSPS) is 15.7. The van der Waals surface area contributed by atoms with Gasteiger partial charge in [0, 0.05) is 30.4 Å². The molecule has 0 spiro atoms. The van der Waals surface area contributed by atoms with Crippen molar-refractivity contribution in [2.24, 2.45) is 0 Å². The maximum absolute atomic E-state index is 12.2. The molecule has 2 aromatic carbocycles. The Hall–Kier alpha value is -2.51. The first kappa shape index (κ1) is 16.4. The second kappa shape index (κ2) is 6.94. The molecule has 1 amide bonds. The van der Waals surface area contributed by atoms with Gasteiger partial charge in [-0.2, -0.15) is 5.26 Å². The fourth-order valence-electron chi connectivity index (χ4n) is 3.10. The topological polar surface area (TPSA) is 56.1 Å². The van der Waals surface area contributed by atoms with Gasteiger partial charge in [-0.1, -0.05) is 29.8 Å². The molecular formula is C19H18ClN3O. The molecule has 5 heteroatoms. The van der Waals surface area contributed by atoms with E-state index in [9.17, 15) is 4.79 Å². The number of carbonyl (C=O) groups excluding carboxylic acids is 1. The van der Waals surface area contributed by atoms with Gasteiger partial charge in [0.1, 0.15) is 6.07 Å². The standard InChI is InChI=1S/C19H18ClN3O/c1-13-10-14-4-2-3-5-18(14)23(13)9-8-19(24)22-16-7-6-15(12-21)17(20)11-16/h2-7,11,13H,8-10H2,1H3,(H,22,24). The molecule has 3 rings (SSSR count). The van der Waals surface area contributed by atoms with E-state index in [0.29, 0.717) is 35.3 Å². The first-order chi connectivity index (χ1) is 11.6. The zero-order valence-electron chi connectivity index (χ0n) is 13.4. The second-order valence-electron chi connectivity index (χ2n) is 5.98. The Labute approximate surface area is 146 Å². The van der Waals surface area contributed by atoms with Crippen molar-refractivity contribution in [3.8, 4) is 6.07 Å². The second-order valence-corrected chi connectivity index (χ2v) is 6.39. The molecule has 122 valence electrons. The summed E-state index contributed by atoms with van der Waals surface area (Å²) in [6, 6.07) is 15.6. The highest BCUT2D eigenvalue weighted by Crippen LogP contribution is 2.31. The fourth-order valence-corrected chi connectivity index (χ4v) is 3.32. The van der Waals surface area contributed by atoms with Crippen LogP contribution >= 0.6 is 11.6 Å². The predicted molar refractivity (Wildman–Crippen MR) is 96.4 cm³/mol. The Morgan fingerprint density at radius 3 is 2.92 bits per heavy atom. The van der Waals surface area contributed by atoms with E-state index in [1.54, 1.807) is 18.2 Å². The quantitative estimate of drug-likeness (QED) is 0.916. The molecular weight excluding hydrogens is 322 g/mol. The predicted octanol–water partition coefficient (Wildman–Crippen LogP) is 3.99. The van der Waals surface area contributed by atoms with Crippen LogP contribution in [-0.4, -0.2) is 18.5 Å². The molecule has 4 nitrogen and oxygen atoms in total. The third-order valence-corrected chi connectivity index (χ3v) is 4.61. The highest BCUT2D eigenvalue weighted by Gasteiger charge is 2.25. The summed E-state index contributed by atoms with van der Waals surface area (Å²) in [5.74, 6) is -0.0626. The number of anilines is 2. The number of rotatable bonds is 4. The number of hydrogen-bond donors (Lipinski definition) is 1. The molecule has 0 aromatic heterocycles. The maximum atomic E-state index is 12.2. The summed E-state index contributed by atoms with van der Waals surface area (Å²) in [6.07, 6.45) is 1.42. The van der Waals surface area contributed by atoms with Crippen molar-refractivity contribution in [1.29, 1.82) is 5.26 Å². The van der Waals surface area contributed by atoms with Crippen LogP contribution in [0.15, 0.2) is 42.5 Å². The lowest BCUT2D eigenvalue weighted by molar-refractivity contribution is -0.116. The molecule has 0 aliphatic carbocycles. The number of halogens is 1. The number of nitrogens with one attached hydrogen (secondary N) is 1. The van der Waals surface area contributed by atoms with Crippen LogP contribution in [0.25, 0.3) is 0 Å². The molecule has 1 N–H and O–H groups in total. The van der Waals surface area contributed by atoms with Crippen LogP contribution in [0.1, 0.15) is 24.5 Å². The summed E-state index contributed by atoms with van der Waals surface area (Å²) in [6.45, 7) is 2.85. The lowest BCUT2D eigenvalue weighted by Crippen LogP contribution is -2.32. The highest BCUT2D eigenvalue weighted by molar-refractivity contribution is 6.32. The Morgan fingerprint density at radius 1 is 1.38 bits per heavy atom. The zero-order valence-corrected chi connectivity index (χ0v) is 14.2. The van der Waals surface area contributed by atoms with Gasteiger partial charge in [-0.05, 0) is 43.2 Å². The molecule has 2 aromatic rings. The summed E-state index contributed by atoms with van der Waals surface area (Å²) in [4.78, 5) is 14.5. The van der Waals surface area contributed by atoms with Gasteiger partial charge in [-0.3, -0.25) is 4.79 Å². The van der Waals surface area contributed by atoms with E-state index in [4.69, 9.17) is 16.9 Å². The van der Waals surface area contributed by atoms with Crippen molar-refractivity contribution >= 4 is 28.9 Å². The minimum absolute atomic E-state index is 0.0626. The largest absolute Gasteiger partial charge is 0.368 e. The number of nitriles is 1. The van der Waals surface area contributed by atoms with E-state index in [1.165, 1.54) is 11.3 Å². The van der Waals surface area contributed by atoms with Gasteiger partial charge in [0.2, 0.25) is 5.91 Å². The molecule has 0 radical (unpaired) electrons. The first-order valence-electron chi connectivity index (χ1n) is 7.92. The molecule has 0 bridgehead atoms. The Balaban J connectivity index is 1.60. The van der Waals surface area contributed by atoms with E-state index < -0.39 is 0 Å². The molecule has 0 fully saturated rings. The summed E-state index contributed by atoms with van der Waals surface area (Å²) >= 11 is 5.99. The van der Waals surface area contributed by atoms with Crippen molar-refractivity contribution < 1.29 is 4.79 Å². The third-order valence-electron chi connectivity index (χ3n) is 4.30. The Bertz CT molecular complexity index is 812. The number of hydrogen-bond acceptors (Lipinski definition) is 3. The molecule has 1 unspecified atom stereocenters. The molecule has 0 saturated carbocycles. The van der Waals surface area contributed by atoms with Gasteiger partial charge < -0.3 is 10.2 Å².